The van der Waals surface area contributed by atoms with Crippen LogP contribution in [-0.2, 0) is 11.3 Å². The molecule has 0 N–H and O–H groups in total. The van der Waals surface area contributed by atoms with Gasteiger partial charge in [0.15, 0.2) is 0 Å². The van der Waals surface area contributed by atoms with E-state index in [1.54, 1.807) is 12.4 Å². The molecule has 29 heavy (non-hydrogen) atoms. The van der Waals surface area contributed by atoms with Crippen LogP contribution >= 0.6 is 0 Å². The van der Waals surface area contributed by atoms with E-state index in [0.29, 0.717) is 19.8 Å². The van der Waals surface area contributed by atoms with E-state index in [0.717, 1.165) is 65.9 Å². The average Bonchev–Trinajstić information content (AvgIpc) is 2.76. The van der Waals surface area contributed by atoms with E-state index in [9.17, 15) is 0 Å². The molecule has 0 amide bonds. The fourth-order valence-electron chi connectivity index (χ4n) is 3.07. The lowest BCUT2D eigenvalue weighted by molar-refractivity contribution is 0.111. The Morgan fingerprint density at radius 1 is 0.897 bits per heavy atom. The summed E-state index contributed by atoms with van der Waals surface area (Å²) >= 11 is 0. The monoisotopic (exact) mass is 394 g/mol. The molecule has 3 aromatic rings. The van der Waals surface area contributed by atoms with Crippen LogP contribution in [0.4, 0.5) is 0 Å². The molecule has 0 unspecified atom stereocenters. The molecule has 3 rings (SSSR count). The molecule has 0 atom stereocenters. The molecule has 0 bridgehead atoms. The highest BCUT2D eigenvalue weighted by molar-refractivity contribution is 5.86. The lowest BCUT2D eigenvalue weighted by Crippen LogP contribution is -2.06. The van der Waals surface area contributed by atoms with Gasteiger partial charge in [0.05, 0.1) is 37.2 Å². The van der Waals surface area contributed by atoms with E-state index in [1.807, 2.05) is 30.3 Å². The molecule has 0 spiro atoms. The predicted octanol–water partition coefficient (Wildman–Crippen LogP) is 5.49. The van der Waals surface area contributed by atoms with Crippen LogP contribution in [0.15, 0.2) is 48.8 Å². The van der Waals surface area contributed by atoms with Gasteiger partial charge in [0.1, 0.15) is 11.5 Å². The molecule has 5 heteroatoms. The molecule has 2 heterocycles. The number of nitrogens with zero attached hydrogens (tertiary/aromatic N) is 2. The number of hydrogen-bond acceptors (Lipinski definition) is 5. The van der Waals surface area contributed by atoms with Crippen LogP contribution in [0.1, 0.15) is 43.9 Å². The summed E-state index contributed by atoms with van der Waals surface area (Å²) in [7, 11) is 0. The van der Waals surface area contributed by atoms with Gasteiger partial charge < -0.3 is 14.2 Å². The van der Waals surface area contributed by atoms with Gasteiger partial charge >= 0.3 is 0 Å². The fourth-order valence-corrected chi connectivity index (χ4v) is 3.07. The summed E-state index contributed by atoms with van der Waals surface area (Å²) in [4.78, 5) is 8.84. The predicted molar refractivity (Wildman–Crippen MR) is 116 cm³/mol. The molecule has 0 saturated carbocycles. The minimum atomic E-state index is 0.490. The molecule has 5 nitrogen and oxygen atoms in total. The van der Waals surface area contributed by atoms with Gasteiger partial charge in [0, 0.05) is 23.8 Å². The maximum atomic E-state index is 6.12. The number of para-hydroxylation sites is 1. The fraction of sp³-hybridized carbons (Fsp3) is 0.417. The molecule has 0 radical (unpaired) electrons. The van der Waals surface area contributed by atoms with Gasteiger partial charge in [-0.2, -0.15) is 0 Å². The summed E-state index contributed by atoms with van der Waals surface area (Å²) in [5.41, 5.74) is 2.97. The normalized spacial score (nSPS) is 11.0. The summed E-state index contributed by atoms with van der Waals surface area (Å²) in [6, 6.07) is 11.9. The first-order chi connectivity index (χ1) is 14.3. The third kappa shape index (κ3) is 6.16. The summed E-state index contributed by atoms with van der Waals surface area (Å²) in [5.74, 6) is 1.74. The topological polar surface area (TPSA) is 53.5 Å². The molecule has 0 fully saturated rings. The molecule has 2 aromatic heterocycles. The maximum absolute atomic E-state index is 6.12. The first kappa shape index (κ1) is 21.1. The quantitative estimate of drug-likeness (QED) is 0.380. The molecule has 0 aliphatic heterocycles. The smallest absolute Gasteiger partial charge is 0.137 e. The van der Waals surface area contributed by atoms with E-state index < -0.39 is 0 Å². The van der Waals surface area contributed by atoms with Crippen molar-refractivity contribution in [1.82, 2.24) is 9.97 Å². The summed E-state index contributed by atoms with van der Waals surface area (Å²) < 4.78 is 17.7. The zero-order valence-corrected chi connectivity index (χ0v) is 17.4. The maximum Gasteiger partial charge on any atom is 0.137 e. The number of benzene rings is 1. The van der Waals surface area contributed by atoms with Crippen molar-refractivity contribution in [3.8, 4) is 11.5 Å². The van der Waals surface area contributed by atoms with E-state index in [-0.39, 0.29) is 0 Å². The number of rotatable bonds is 12. The number of pyridine rings is 2. The first-order valence-electron chi connectivity index (χ1n) is 10.4. The Hall–Kier alpha value is -2.66. The van der Waals surface area contributed by atoms with Gasteiger partial charge in [-0.05, 0) is 50.5 Å². The van der Waals surface area contributed by atoms with Crippen LogP contribution in [0.5, 0.6) is 11.5 Å². The second-order valence-corrected chi connectivity index (χ2v) is 7.03. The van der Waals surface area contributed by atoms with Crippen LogP contribution < -0.4 is 9.47 Å². The van der Waals surface area contributed by atoms with Crippen molar-refractivity contribution >= 4 is 10.9 Å². The van der Waals surface area contributed by atoms with E-state index in [4.69, 9.17) is 19.2 Å². The van der Waals surface area contributed by atoms with Gasteiger partial charge in [-0.3, -0.25) is 4.98 Å². The van der Waals surface area contributed by atoms with Crippen molar-refractivity contribution in [3.05, 3.63) is 60.0 Å². The van der Waals surface area contributed by atoms with Crippen molar-refractivity contribution in [2.75, 3.05) is 19.8 Å². The molecular weight excluding hydrogens is 364 g/mol. The molecule has 154 valence electrons. The number of aromatic nitrogens is 2. The largest absolute Gasteiger partial charge is 0.493 e. The zero-order chi connectivity index (χ0) is 20.3. The van der Waals surface area contributed by atoms with Crippen LogP contribution in [-0.4, -0.2) is 29.8 Å². The lowest BCUT2D eigenvalue weighted by Gasteiger charge is -2.15. The lowest BCUT2D eigenvalue weighted by atomic mass is 10.1. The minimum absolute atomic E-state index is 0.490. The van der Waals surface area contributed by atoms with Crippen molar-refractivity contribution in [3.63, 3.8) is 0 Å². The van der Waals surface area contributed by atoms with Gasteiger partial charge in [-0.15, -0.1) is 0 Å². The number of unbranched alkanes of at least 4 members (excludes halogenated alkanes) is 2. The van der Waals surface area contributed by atoms with Crippen LogP contribution in [0.3, 0.4) is 0 Å². The van der Waals surface area contributed by atoms with E-state index in [1.165, 1.54) is 0 Å². The Morgan fingerprint density at radius 3 is 2.55 bits per heavy atom. The Labute approximate surface area is 173 Å². The van der Waals surface area contributed by atoms with Crippen molar-refractivity contribution in [2.24, 2.45) is 0 Å². The van der Waals surface area contributed by atoms with Crippen LogP contribution in [0.2, 0.25) is 0 Å². The molecule has 0 aliphatic carbocycles. The number of hydrogen-bond donors (Lipinski definition) is 0. The summed E-state index contributed by atoms with van der Waals surface area (Å²) in [6.07, 6.45) is 7.50. The summed E-state index contributed by atoms with van der Waals surface area (Å²) in [5, 5.41) is 1.07. The Morgan fingerprint density at radius 2 is 1.72 bits per heavy atom. The second-order valence-electron chi connectivity index (χ2n) is 7.03. The first-order valence-corrected chi connectivity index (χ1v) is 10.4. The third-order valence-electron chi connectivity index (χ3n) is 4.75. The highest BCUT2D eigenvalue weighted by Crippen LogP contribution is 2.31. The molecular formula is C24H30N2O3. The van der Waals surface area contributed by atoms with Crippen molar-refractivity contribution in [2.45, 2.75) is 46.1 Å². The number of ether oxygens (including phenoxy) is 3. The molecule has 1 aromatic carbocycles. The van der Waals surface area contributed by atoms with Crippen LogP contribution in [0, 0.1) is 6.92 Å². The standard InChI is InChI=1S/C24H30N2O3/c1-3-4-15-29-24-19(2)23(26-22-12-6-5-11-21(22)24)18-27-14-7-8-16-28-20-10-9-13-25-17-20/h5-6,9-13,17H,3-4,7-8,14-16,18H2,1-2H3. The van der Waals surface area contributed by atoms with Gasteiger partial charge in [-0.25, -0.2) is 4.98 Å². The zero-order valence-electron chi connectivity index (χ0n) is 17.4. The number of fused-ring (bicyclic) bond motifs is 1. The third-order valence-corrected chi connectivity index (χ3v) is 4.75. The Kier molecular flexibility index (Phi) is 8.25. The molecule has 0 saturated heterocycles. The van der Waals surface area contributed by atoms with Gasteiger partial charge in [0.2, 0.25) is 0 Å². The highest BCUT2D eigenvalue weighted by atomic mass is 16.5. The minimum Gasteiger partial charge on any atom is -0.493 e. The summed E-state index contributed by atoms with van der Waals surface area (Å²) in [6.45, 7) is 6.80. The van der Waals surface area contributed by atoms with Crippen LogP contribution in [0.25, 0.3) is 10.9 Å². The SMILES string of the molecule is CCCCOc1c(C)c(COCCCCOc2cccnc2)nc2ccccc12. The van der Waals surface area contributed by atoms with Gasteiger partial charge in [0.25, 0.3) is 0 Å². The van der Waals surface area contributed by atoms with E-state index in [2.05, 4.69) is 24.9 Å². The van der Waals surface area contributed by atoms with Gasteiger partial charge in [-0.1, -0.05) is 25.5 Å². The Bertz CT molecular complexity index is 884. The van der Waals surface area contributed by atoms with Crippen molar-refractivity contribution < 1.29 is 14.2 Å². The molecule has 0 aliphatic rings. The van der Waals surface area contributed by atoms with E-state index >= 15 is 0 Å². The highest BCUT2D eigenvalue weighted by Gasteiger charge is 2.13. The van der Waals surface area contributed by atoms with Crippen molar-refractivity contribution in [1.29, 1.82) is 0 Å². The average molecular weight is 395 g/mol. The second kappa shape index (κ2) is 11.4. The Balaban J connectivity index is 1.51.